The Morgan fingerprint density at radius 2 is 2.08 bits per heavy atom. The van der Waals surface area contributed by atoms with Crippen LogP contribution in [-0.2, 0) is 12.6 Å². The molecule has 3 nitrogen and oxygen atoms in total. The molecule has 0 aromatic carbocycles. The summed E-state index contributed by atoms with van der Waals surface area (Å²) in [6.45, 7) is 5.80. The normalized spacial score (nSPS) is 15.8. The standard InChI is InChI=1S/C7H12I2O3/c1-5(2)7(8,4-11-9)12-6(3)10/h5H,4H2,1-3H3. The maximum Gasteiger partial charge on any atom is 0.304 e. The van der Waals surface area contributed by atoms with Crippen molar-refractivity contribution in [2.24, 2.45) is 5.92 Å². The number of hydrogen-bond acceptors (Lipinski definition) is 3. The molecule has 0 amide bonds. The predicted octanol–water partition coefficient (Wildman–Crippen LogP) is 2.70. The van der Waals surface area contributed by atoms with Gasteiger partial charge in [0.1, 0.15) is 29.6 Å². The third-order valence-corrected chi connectivity index (χ3v) is 3.52. The Bertz CT molecular complexity index is 161. The Morgan fingerprint density at radius 1 is 1.58 bits per heavy atom. The van der Waals surface area contributed by atoms with Gasteiger partial charge in [-0.3, -0.25) is 4.79 Å². The molecule has 0 rings (SSSR count). The fourth-order valence-corrected chi connectivity index (χ4v) is 2.15. The number of carbonyl (C=O) groups is 1. The van der Waals surface area contributed by atoms with E-state index in [0.29, 0.717) is 6.61 Å². The fourth-order valence-electron chi connectivity index (χ4n) is 0.627. The van der Waals surface area contributed by atoms with Crippen LogP contribution in [0.15, 0.2) is 0 Å². The van der Waals surface area contributed by atoms with Gasteiger partial charge >= 0.3 is 5.97 Å². The average Bonchev–Trinajstić information content (AvgIpc) is 1.85. The van der Waals surface area contributed by atoms with Gasteiger partial charge in [-0.2, -0.15) is 0 Å². The minimum atomic E-state index is -0.537. The topological polar surface area (TPSA) is 35.5 Å². The summed E-state index contributed by atoms with van der Waals surface area (Å²) >= 11 is 3.90. The van der Waals surface area contributed by atoms with Crippen molar-refractivity contribution in [3.8, 4) is 0 Å². The van der Waals surface area contributed by atoms with E-state index < -0.39 is 3.61 Å². The molecule has 0 spiro atoms. The van der Waals surface area contributed by atoms with E-state index in [1.165, 1.54) is 6.92 Å². The molecule has 0 N–H and O–H groups in total. The molecule has 0 aliphatic carbocycles. The smallest absolute Gasteiger partial charge is 0.304 e. The van der Waals surface area contributed by atoms with E-state index in [1.807, 2.05) is 13.8 Å². The molecule has 5 heteroatoms. The molecule has 0 aliphatic heterocycles. The van der Waals surface area contributed by atoms with Crippen molar-refractivity contribution in [1.82, 2.24) is 0 Å². The quantitative estimate of drug-likeness (QED) is 0.415. The van der Waals surface area contributed by atoms with Crippen LogP contribution in [0.25, 0.3) is 0 Å². The van der Waals surface area contributed by atoms with E-state index in [9.17, 15) is 4.79 Å². The molecule has 1 unspecified atom stereocenters. The molecular formula is C7H12I2O3. The van der Waals surface area contributed by atoms with Crippen molar-refractivity contribution >= 4 is 51.6 Å². The summed E-state index contributed by atoms with van der Waals surface area (Å²) in [6, 6.07) is 0. The molecule has 0 bridgehead atoms. The van der Waals surface area contributed by atoms with Crippen LogP contribution in [0.5, 0.6) is 0 Å². The van der Waals surface area contributed by atoms with Gasteiger partial charge in [0.25, 0.3) is 0 Å². The van der Waals surface area contributed by atoms with Crippen molar-refractivity contribution in [3.63, 3.8) is 0 Å². The van der Waals surface area contributed by atoms with E-state index in [4.69, 9.17) is 7.80 Å². The summed E-state index contributed by atoms with van der Waals surface area (Å²) in [6.07, 6.45) is 0. The number of alkyl halides is 1. The first-order chi connectivity index (χ1) is 5.42. The minimum absolute atomic E-state index is 0.233. The third kappa shape index (κ3) is 4.22. The zero-order valence-electron chi connectivity index (χ0n) is 7.27. The number of hydrogen-bond donors (Lipinski definition) is 0. The zero-order valence-corrected chi connectivity index (χ0v) is 11.6. The van der Waals surface area contributed by atoms with Crippen LogP contribution < -0.4 is 0 Å². The Hall–Kier alpha value is 0.890. The molecule has 0 aliphatic rings. The highest BCUT2D eigenvalue weighted by atomic mass is 127. The van der Waals surface area contributed by atoms with Crippen molar-refractivity contribution in [2.75, 3.05) is 6.61 Å². The third-order valence-electron chi connectivity index (χ3n) is 1.43. The number of ether oxygens (including phenoxy) is 1. The summed E-state index contributed by atoms with van der Waals surface area (Å²) in [5.74, 6) is -0.0386. The zero-order chi connectivity index (χ0) is 9.78. The molecule has 0 heterocycles. The highest BCUT2D eigenvalue weighted by Gasteiger charge is 2.34. The maximum atomic E-state index is 10.8. The van der Waals surface area contributed by atoms with E-state index in [2.05, 4.69) is 22.6 Å². The molecule has 0 saturated heterocycles. The molecule has 0 fully saturated rings. The van der Waals surface area contributed by atoms with Crippen molar-refractivity contribution < 1.29 is 12.6 Å². The largest absolute Gasteiger partial charge is 0.446 e. The van der Waals surface area contributed by atoms with Crippen LogP contribution in [0.2, 0.25) is 0 Å². The predicted molar refractivity (Wildman–Crippen MR) is 63.3 cm³/mol. The minimum Gasteiger partial charge on any atom is -0.446 e. The first-order valence-electron chi connectivity index (χ1n) is 3.54. The average molecular weight is 398 g/mol. The van der Waals surface area contributed by atoms with E-state index in [1.54, 1.807) is 23.0 Å². The molecule has 0 aromatic heterocycles. The molecule has 0 aromatic rings. The Morgan fingerprint density at radius 3 is 2.33 bits per heavy atom. The van der Waals surface area contributed by atoms with Crippen LogP contribution in [0.1, 0.15) is 20.8 Å². The van der Waals surface area contributed by atoms with E-state index in [0.717, 1.165) is 0 Å². The van der Waals surface area contributed by atoms with Gasteiger partial charge < -0.3 is 7.80 Å². The summed E-state index contributed by atoms with van der Waals surface area (Å²) in [5.41, 5.74) is 0. The van der Waals surface area contributed by atoms with Crippen LogP contribution in [0.4, 0.5) is 0 Å². The second-order valence-corrected chi connectivity index (χ2v) is 5.24. The molecule has 12 heavy (non-hydrogen) atoms. The molecule has 0 radical (unpaired) electrons. The monoisotopic (exact) mass is 398 g/mol. The summed E-state index contributed by atoms with van der Waals surface area (Å²) in [7, 11) is 0. The first-order valence-corrected chi connectivity index (χ1v) is 5.50. The van der Waals surface area contributed by atoms with Gasteiger partial charge in [-0.05, 0) is 22.6 Å². The van der Waals surface area contributed by atoms with Crippen molar-refractivity contribution in [2.45, 2.75) is 24.4 Å². The molecular weight excluding hydrogens is 386 g/mol. The van der Waals surface area contributed by atoms with Gasteiger partial charge in [-0.25, -0.2) is 0 Å². The van der Waals surface area contributed by atoms with Crippen molar-refractivity contribution in [3.05, 3.63) is 0 Å². The summed E-state index contributed by atoms with van der Waals surface area (Å²) in [4.78, 5) is 10.8. The van der Waals surface area contributed by atoms with Gasteiger partial charge in [0.2, 0.25) is 0 Å². The number of rotatable bonds is 4. The van der Waals surface area contributed by atoms with Crippen molar-refractivity contribution in [1.29, 1.82) is 0 Å². The lowest BCUT2D eigenvalue weighted by molar-refractivity contribution is -0.151. The SMILES string of the molecule is CC(=O)OC(I)(COI)C(C)C. The molecule has 1 atom stereocenters. The summed E-state index contributed by atoms with van der Waals surface area (Å²) < 4.78 is 9.58. The van der Waals surface area contributed by atoms with Gasteiger partial charge in [-0.1, -0.05) is 13.8 Å². The lowest BCUT2D eigenvalue weighted by Crippen LogP contribution is -2.37. The summed E-state index contributed by atoms with van der Waals surface area (Å²) in [5, 5.41) is 0. The maximum absolute atomic E-state index is 10.8. The van der Waals surface area contributed by atoms with Gasteiger partial charge in [0.05, 0.1) is 0 Å². The number of halogens is 2. The first kappa shape index (κ1) is 12.9. The van der Waals surface area contributed by atoms with Crippen LogP contribution >= 0.6 is 45.6 Å². The number of carbonyl (C=O) groups excluding carboxylic acids is 1. The van der Waals surface area contributed by atoms with Gasteiger partial charge in [-0.15, -0.1) is 0 Å². The molecule has 0 saturated carbocycles. The lowest BCUT2D eigenvalue weighted by atomic mass is 10.1. The fraction of sp³-hybridized carbons (Fsp3) is 0.857. The Balaban J connectivity index is 4.28. The van der Waals surface area contributed by atoms with Gasteiger partial charge in [0.15, 0.2) is 3.61 Å². The Labute approximate surface area is 100 Å². The van der Waals surface area contributed by atoms with E-state index in [-0.39, 0.29) is 11.9 Å². The lowest BCUT2D eigenvalue weighted by Gasteiger charge is -2.29. The van der Waals surface area contributed by atoms with Crippen LogP contribution in [0, 0.1) is 5.92 Å². The number of esters is 1. The Kier molecular flexibility index (Phi) is 6.00. The van der Waals surface area contributed by atoms with Crippen LogP contribution in [-0.4, -0.2) is 16.2 Å². The van der Waals surface area contributed by atoms with E-state index >= 15 is 0 Å². The molecule has 72 valence electrons. The second-order valence-electron chi connectivity index (χ2n) is 2.79. The highest BCUT2D eigenvalue weighted by molar-refractivity contribution is 14.1. The van der Waals surface area contributed by atoms with Gasteiger partial charge in [0, 0.05) is 12.8 Å². The highest BCUT2D eigenvalue weighted by Crippen LogP contribution is 2.31. The second kappa shape index (κ2) is 5.58. The van der Waals surface area contributed by atoms with Crippen LogP contribution in [0.3, 0.4) is 0 Å².